The normalized spacial score (nSPS) is 15.8. The summed E-state index contributed by atoms with van der Waals surface area (Å²) in [6.45, 7) is 11.1. The van der Waals surface area contributed by atoms with Gasteiger partial charge in [-0.3, -0.25) is 9.69 Å². The maximum Gasteiger partial charge on any atom is 0.271 e. The lowest BCUT2D eigenvalue weighted by Gasteiger charge is -2.19. The van der Waals surface area contributed by atoms with E-state index in [0.29, 0.717) is 16.7 Å². The first-order valence-electron chi connectivity index (χ1n) is 12.6. The van der Waals surface area contributed by atoms with Gasteiger partial charge in [0, 0.05) is 5.56 Å². The van der Waals surface area contributed by atoms with Crippen LogP contribution in [-0.2, 0) is 4.79 Å². The minimum absolute atomic E-state index is 0.0708. The van der Waals surface area contributed by atoms with Crippen LogP contribution in [0.3, 0.4) is 0 Å². The molecular formula is C31H34N2O2S. The van der Waals surface area contributed by atoms with Gasteiger partial charge < -0.3 is 4.74 Å². The number of aliphatic imine (C=N–C) groups is 1. The van der Waals surface area contributed by atoms with Crippen LogP contribution >= 0.6 is 11.8 Å². The Balaban J connectivity index is 1.76. The Labute approximate surface area is 219 Å². The molecule has 186 valence electrons. The third kappa shape index (κ3) is 5.57. The van der Waals surface area contributed by atoms with E-state index in [-0.39, 0.29) is 5.91 Å². The van der Waals surface area contributed by atoms with E-state index in [1.807, 2.05) is 54.6 Å². The van der Waals surface area contributed by atoms with Gasteiger partial charge in [-0.05, 0) is 92.4 Å². The number of carbonyl (C=O) groups is 1. The molecule has 0 bridgehead atoms. The van der Waals surface area contributed by atoms with Crippen LogP contribution in [0.2, 0.25) is 0 Å². The van der Waals surface area contributed by atoms with E-state index in [1.54, 1.807) is 4.90 Å². The minimum atomic E-state index is -0.0708. The third-order valence-corrected chi connectivity index (χ3v) is 7.60. The van der Waals surface area contributed by atoms with Crippen LogP contribution in [0.25, 0.3) is 6.08 Å². The quantitative estimate of drug-likeness (QED) is 0.232. The van der Waals surface area contributed by atoms with Gasteiger partial charge in [-0.2, -0.15) is 0 Å². The number of hydrogen-bond donors (Lipinski definition) is 0. The second-order valence-electron chi connectivity index (χ2n) is 9.18. The Morgan fingerprint density at radius 1 is 0.889 bits per heavy atom. The predicted octanol–water partition coefficient (Wildman–Crippen LogP) is 8.30. The van der Waals surface area contributed by atoms with E-state index >= 15 is 0 Å². The molecule has 4 nitrogen and oxygen atoms in total. The van der Waals surface area contributed by atoms with Crippen LogP contribution in [0.5, 0.6) is 5.75 Å². The van der Waals surface area contributed by atoms with Gasteiger partial charge in [-0.15, -0.1) is 0 Å². The zero-order valence-corrected chi connectivity index (χ0v) is 22.6. The molecule has 1 heterocycles. The minimum Gasteiger partial charge on any atom is -0.493 e. The van der Waals surface area contributed by atoms with Crippen molar-refractivity contribution in [3.63, 3.8) is 0 Å². The van der Waals surface area contributed by atoms with E-state index in [4.69, 9.17) is 9.73 Å². The van der Waals surface area contributed by atoms with Crippen LogP contribution in [0.4, 0.5) is 11.4 Å². The first kappa shape index (κ1) is 25.8. The predicted molar refractivity (Wildman–Crippen MR) is 153 cm³/mol. The van der Waals surface area contributed by atoms with Crippen molar-refractivity contribution in [3.8, 4) is 5.75 Å². The number of carbonyl (C=O) groups excluding carboxylic acids is 1. The molecule has 0 N–H and O–H groups in total. The number of thioether (sulfide) groups is 1. The van der Waals surface area contributed by atoms with Crippen molar-refractivity contribution in [2.75, 3.05) is 11.5 Å². The standard InChI is InChI=1S/C31H34N2O2S/c1-6-7-10-19-35-28-18-9-8-15-25(28)20-29-30(34)33(27-17-12-14-22(3)24(27)5)31(36-29)32-26-16-11-13-21(2)23(26)4/h8-9,11-18,20H,6-7,10,19H2,1-5H3/b29-20+,32-31?. The number of para-hydroxylation sites is 1. The smallest absolute Gasteiger partial charge is 0.271 e. The monoisotopic (exact) mass is 498 g/mol. The molecular weight excluding hydrogens is 464 g/mol. The second kappa shape index (κ2) is 11.6. The summed E-state index contributed by atoms with van der Waals surface area (Å²) in [5, 5.41) is 0.662. The van der Waals surface area contributed by atoms with Crippen LogP contribution in [0, 0.1) is 27.7 Å². The summed E-state index contributed by atoms with van der Waals surface area (Å²) < 4.78 is 6.07. The molecule has 3 aromatic carbocycles. The maximum atomic E-state index is 13.9. The average Bonchev–Trinajstić information content (AvgIpc) is 3.16. The SMILES string of the molecule is CCCCCOc1ccccc1/C=C1/SC(=Nc2cccc(C)c2C)N(c2cccc(C)c2C)C1=O. The maximum absolute atomic E-state index is 13.9. The highest BCUT2D eigenvalue weighted by molar-refractivity contribution is 8.19. The molecule has 5 heteroatoms. The zero-order chi connectivity index (χ0) is 25.7. The van der Waals surface area contributed by atoms with Gasteiger partial charge in [-0.1, -0.05) is 62.2 Å². The highest BCUT2D eigenvalue weighted by Crippen LogP contribution is 2.40. The molecule has 1 fully saturated rings. The van der Waals surface area contributed by atoms with Crippen molar-refractivity contribution in [2.45, 2.75) is 53.9 Å². The lowest BCUT2D eigenvalue weighted by atomic mass is 10.1. The summed E-state index contributed by atoms with van der Waals surface area (Å²) in [7, 11) is 0. The highest BCUT2D eigenvalue weighted by Gasteiger charge is 2.36. The van der Waals surface area contributed by atoms with Crippen LogP contribution in [0.15, 0.2) is 70.6 Å². The Kier molecular flexibility index (Phi) is 8.32. The Bertz CT molecular complexity index is 1330. The number of anilines is 1. The second-order valence-corrected chi connectivity index (χ2v) is 10.2. The Morgan fingerprint density at radius 3 is 2.39 bits per heavy atom. The fourth-order valence-corrected chi connectivity index (χ4v) is 5.08. The number of amidine groups is 1. The van der Waals surface area contributed by atoms with Crippen LogP contribution in [-0.4, -0.2) is 17.7 Å². The van der Waals surface area contributed by atoms with Crippen molar-refractivity contribution >= 4 is 40.3 Å². The molecule has 0 aliphatic carbocycles. The summed E-state index contributed by atoms with van der Waals surface area (Å²) in [6.07, 6.45) is 5.24. The van der Waals surface area contributed by atoms with Crippen molar-refractivity contribution in [2.24, 2.45) is 4.99 Å². The number of benzene rings is 3. The lowest BCUT2D eigenvalue weighted by Crippen LogP contribution is -2.29. The van der Waals surface area contributed by atoms with Gasteiger partial charge in [0.25, 0.3) is 5.91 Å². The first-order chi connectivity index (χ1) is 17.4. The summed E-state index contributed by atoms with van der Waals surface area (Å²) >= 11 is 1.41. The molecule has 1 saturated heterocycles. The van der Waals surface area contributed by atoms with Crippen molar-refractivity contribution < 1.29 is 9.53 Å². The van der Waals surface area contributed by atoms with Crippen molar-refractivity contribution in [1.29, 1.82) is 0 Å². The summed E-state index contributed by atoms with van der Waals surface area (Å²) in [5.74, 6) is 0.728. The van der Waals surface area contributed by atoms with Crippen molar-refractivity contribution in [1.82, 2.24) is 0 Å². The number of unbranched alkanes of at least 4 members (excludes halogenated alkanes) is 2. The molecule has 4 rings (SSSR count). The molecule has 0 atom stereocenters. The summed E-state index contributed by atoms with van der Waals surface area (Å²) in [5.41, 5.74) is 7.14. The molecule has 1 aliphatic heterocycles. The first-order valence-corrected chi connectivity index (χ1v) is 13.4. The van der Waals surface area contributed by atoms with Crippen molar-refractivity contribution in [3.05, 3.63) is 93.4 Å². The average molecular weight is 499 g/mol. The topological polar surface area (TPSA) is 41.9 Å². The van der Waals surface area contributed by atoms with Crippen LogP contribution < -0.4 is 9.64 Å². The zero-order valence-electron chi connectivity index (χ0n) is 21.8. The third-order valence-electron chi connectivity index (χ3n) is 6.63. The largest absolute Gasteiger partial charge is 0.493 e. The van der Waals surface area contributed by atoms with E-state index in [1.165, 1.54) is 17.3 Å². The molecule has 3 aromatic rings. The molecule has 0 saturated carbocycles. The van der Waals surface area contributed by atoms with E-state index in [2.05, 4.69) is 46.8 Å². The lowest BCUT2D eigenvalue weighted by molar-refractivity contribution is -0.113. The van der Waals surface area contributed by atoms with E-state index < -0.39 is 0 Å². The fraction of sp³-hybridized carbons (Fsp3) is 0.290. The Hall–Kier alpha value is -3.31. The van der Waals surface area contributed by atoms with Gasteiger partial charge in [-0.25, -0.2) is 4.99 Å². The molecule has 0 spiro atoms. The van der Waals surface area contributed by atoms with Gasteiger partial charge in [0.1, 0.15) is 5.75 Å². The molecule has 0 unspecified atom stereocenters. The fourth-order valence-electron chi connectivity index (χ4n) is 4.11. The summed E-state index contributed by atoms with van der Waals surface area (Å²) in [4.78, 5) is 21.2. The number of rotatable bonds is 8. The number of nitrogens with zero attached hydrogens (tertiary/aromatic N) is 2. The number of aryl methyl sites for hydroxylation is 2. The molecule has 1 aliphatic rings. The molecule has 36 heavy (non-hydrogen) atoms. The van der Waals surface area contributed by atoms with Gasteiger partial charge in [0.15, 0.2) is 5.17 Å². The van der Waals surface area contributed by atoms with Gasteiger partial charge >= 0.3 is 0 Å². The number of amides is 1. The van der Waals surface area contributed by atoms with Gasteiger partial charge in [0.05, 0.1) is 22.9 Å². The molecule has 1 amide bonds. The Morgan fingerprint density at radius 2 is 1.61 bits per heavy atom. The number of ether oxygens (including phenoxy) is 1. The van der Waals surface area contributed by atoms with E-state index in [0.717, 1.165) is 58.6 Å². The van der Waals surface area contributed by atoms with Crippen LogP contribution in [0.1, 0.15) is 54.0 Å². The summed E-state index contributed by atoms with van der Waals surface area (Å²) in [6, 6.07) is 20.1. The van der Waals surface area contributed by atoms with E-state index in [9.17, 15) is 4.79 Å². The van der Waals surface area contributed by atoms with Gasteiger partial charge in [0.2, 0.25) is 0 Å². The molecule has 0 aromatic heterocycles. The number of hydrogen-bond acceptors (Lipinski definition) is 4. The molecule has 0 radical (unpaired) electrons. The highest BCUT2D eigenvalue weighted by atomic mass is 32.2.